The van der Waals surface area contributed by atoms with Gasteiger partial charge in [-0.25, -0.2) is 0 Å². The first kappa shape index (κ1) is 54.2. The molecular weight excluding hydrogens is 727 g/mol. The molecule has 0 aliphatic carbocycles. The van der Waals surface area contributed by atoms with E-state index in [-0.39, 0.29) is 19.5 Å². The van der Waals surface area contributed by atoms with Crippen LogP contribution in [0, 0.1) is 0 Å². The molecule has 6 nitrogen and oxygen atoms in total. The molecular formula is C45H91NO5S2Si. The van der Waals surface area contributed by atoms with Gasteiger partial charge in [0.25, 0.3) is 0 Å². The van der Waals surface area contributed by atoms with Crippen LogP contribution in [0.25, 0.3) is 0 Å². The molecule has 0 amide bonds. The van der Waals surface area contributed by atoms with E-state index in [9.17, 15) is 10.2 Å². The van der Waals surface area contributed by atoms with Crippen molar-refractivity contribution in [2.75, 3.05) is 57.6 Å². The predicted molar refractivity (Wildman–Crippen MR) is 244 cm³/mol. The van der Waals surface area contributed by atoms with Gasteiger partial charge in [0.05, 0.1) is 13.2 Å². The predicted octanol–water partition coefficient (Wildman–Crippen LogP) is 13.4. The number of hydrogen-bond donors (Lipinski definition) is 2. The molecule has 0 aliphatic heterocycles. The van der Waals surface area contributed by atoms with Crippen molar-refractivity contribution in [1.29, 1.82) is 0 Å². The van der Waals surface area contributed by atoms with Crippen molar-refractivity contribution in [3.63, 3.8) is 0 Å². The first-order chi connectivity index (χ1) is 26.5. The molecule has 0 saturated carbocycles. The Bertz CT molecular complexity index is 785. The fraction of sp³-hybridized carbons (Fsp3) is 0.911. The number of aliphatic hydroxyl groups is 2. The van der Waals surface area contributed by atoms with E-state index < -0.39 is 8.56 Å². The van der Waals surface area contributed by atoms with Crippen molar-refractivity contribution in [1.82, 2.24) is 4.90 Å². The second-order valence-electron chi connectivity index (χ2n) is 15.6. The Balaban J connectivity index is 4.33. The van der Waals surface area contributed by atoms with Crippen LogP contribution in [0.3, 0.4) is 0 Å². The molecule has 0 aliphatic rings. The maximum Gasteiger partial charge on any atom is 0.333 e. The van der Waals surface area contributed by atoms with Crippen LogP contribution in [0.4, 0.5) is 0 Å². The van der Waals surface area contributed by atoms with Crippen molar-refractivity contribution in [2.24, 2.45) is 0 Å². The van der Waals surface area contributed by atoms with Gasteiger partial charge in [0, 0.05) is 44.2 Å². The van der Waals surface area contributed by atoms with Gasteiger partial charge in [0.1, 0.15) is 6.29 Å². The van der Waals surface area contributed by atoms with Crippen molar-refractivity contribution < 1.29 is 23.8 Å². The molecule has 54 heavy (non-hydrogen) atoms. The highest BCUT2D eigenvalue weighted by Crippen LogP contribution is 2.26. The Labute approximate surface area is 345 Å². The zero-order chi connectivity index (χ0) is 39.5. The standard InChI is InChI=1S/C45H91NO5S2Si/c1-5-7-9-11-13-15-17-18-19-20-21-22-23-25-28-32-41-49-45(35-44-53-52-43-34-30-26-24-16-14-12-10-8-6-2)51-54(3,4)50-42-33-29-27-31-36-46(37-39-47)38-40-48/h13,15,18-19,45,47-48H,5-12,14,16-17,20-44H2,1-4H3/b15-13-,19-18-. The third-order valence-corrected chi connectivity index (χ3v) is 14.1. The minimum Gasteiger partial charge on any atom is -0.395 e. The summed E-state index contributed by atoms with van der Waals surface area (Å²) in [4.78, 5) is 2.13. The van der Waals surface area contributed by atoms with Gasteiger partial charge in [0.15, 0.2) is 0 Å². The Morgan fingerprint density at radius 1 is 0.537 bits per heavy atom. The maximum absolute atomic E-state index is 9.21. The highest BCUT2D eigenvalue weighted by atomic mass is 33.1. The average molecular weight is 818 g/mol. The lowest BCUT2D eigenvalue weighted by Gasteiger charge is -2.29. The summed E-state index contributed by atoms with van der Waals surface area (Å²) in [5.74, 6) is 2.29. The third-order valence-electron chi connectivity index (χ3n) is 9.82. The molecule has 0 rings (SSSR count). The fourth-order valence-electron chi connectivity index (χ4n) is 6.47. The monoisotopic (exact) mass is 818 g/mol. The van der Waals surface area contributed by atoms with Gasteiger partial charge in [-0.3, -0.25) is 4.90 Å². The molecule has 0 spiro atoms. The Kier molecular flexibility index (Phi) is 44.4. The highest BCUT2D eigenvalue weighted by Gasteiger charge is 2.29. The summed E-state index contributed by atoms with van der Waals surface area (Å²) in [6, 6.07) is 0. The first-order valence-corrected chi connectivity index (χ1v) is 28.2. The van der Waals surface area contributed by atoms with E-state index in [0.717, 1.165) is 70.5 Å². The van der Waals surface area contributed by atoms with Gasteiger partial charge < -0.3 is 23.8 Å². The molecule has 0 aromatic heterocycles. The summed E-state index contributed by atoms with van der Waals surface area (Å²) < 4.78 is 19.4. The van der Waals surface area contributed by atoms with Crippen molar-refractivity contribution in [3.8, 4) is 0 Å². The second kappa shape index (κ2) is 44.3. The number of rotatable bonds is 45. The SMILES string of the molecule is CCCCC/C=C\C/C=C\CCCCCCCCOC(CCSSCCCCCCCCCCCC)O[Si](C)(C)OCCCCCCN(CCO)CCO. The van der Waals surface area contributed by atoms with Crippen LogP contribution in [0.2, 0.25) is 13.1 Å². The molecule has 0 bridgehead atoms. The summed E-state index contributed by atoms with van der Waals surface area (Å²) in [5, 5.41) is 18.4. The molecule has 0 radical (unpaired) electrons. The summed E-state index contributed by atoms with van der Waals surface area (Å²) in [6.45, 7) is 12.9. The van der Waals surface area contributed by atoms with Crippen LogP contribution in [0.15, 0.2) is 24.3 Å². The molecule has 1 atom stereocenters. The van der Waals surface area contributed by atoms with Crippen LogP contribution < -0.4 is 0 Å². The normalized spacial score (nSPS) is 13.0. The average Bonchev–Trinajstić information content (AvgIpc) is 3.15. The maximum atomic E-state index is 9.21. The molecule has 9 heteroatoms. The molecule has 2 N–H and O–H groups in total. The Hall–Kier alpha value is 0.157. The number of aliphatic hydroxyl groups excluding tert-OH is 2. The minimum atomic E-state index is -2.31. The van der Waals surface area contributed by atoms with E-state index in [1.165, 1.54) is 134 Å². The van der Waals surface area contributed by atoms with Crippen LogP contribution in [-0.4, -0.2) is 87.5 Å². The van der Waals surface area contributed by atoms with Gasteiger partial charge in [-0.05, 0) is 77.4 Å². The van der Waals surface area contributed by atoms with Crippen molar-refractivity contribution >= 4 is 30.1 Å². The van der Waals surface area contributed by atoms with Crippen molar-refractivity contribution in [2.45, 2.75) is 207 Å². The summed E-state index contributed by atoms with van der Waals surface area (Å²) >= 11 is 0. The van der Waals surface area contributed by atoms with Gasteiger partial charge in [0.2, 0.25) is 0 Å². The zero-order valence-corrected chi connectivity index (χ0v) is 38.9. The highest BCUT2D eigenvalue weighted by molar-refractivity contribution is 8.76. The minimum absolute atomic E-state index is 0.144. The largest absolute Gasteiger partial charge is 0.395 e. The van der Waals surface area contributed by atoms with E-state index in [1.807, 2.05) is 21.6 Å². The summed E-state index contributed by atoms with van der Waals surface area (Å²) in [6.07, 6.45) is 43.4. The third kappa shape index (κ3) is 41.8. The first-order valence-electron chi connectivity index (χ1n) is 22.9. The molecule has 1 unspecified atom stereocenters. The van der Waals surface area contributed by atoms with Gasteiger partial charge in [-0.2, -0.15) is 0 Å². The van der Waals surface area contributed by atoms with E-state index in [0.29, 0.717) is 13.1 Å². The smallest absolute Gasteiger partial charge is 0.333 e. The van der Waals surface area contributed by atoms with Crippen LogP contribution in [0.1, 0.15) is 187 Å². The fourth-order valence-corrected chi connectivity index (χ4v) is 10.2. The Morgan fingerprint density at radius 2 is 1.02 bits per heavy atom. The van der Waals surface area contributed by atoms with Crippen LogP contribution in [0.5, 0.6) is 0 Å². The van der Waals surface area contributed by atoms with E-state index in [2.05, 4.69) is 56.1 Å². The number of unbranched alkanes of at least 4 members (excludes halogenated alkanes) is 21. The number of ether oxygens (including phenoxy) is 1. The van der Waals surface area contributed by atoms with Gasteiger partial charge >= 0.3 is 8.56 Å². The summed E-state index contributed by atoms with van der Waals surface area (Å²) in [5.41, 5.74) is 0. The van der Waals surface area contributed by atoms with E-state index >= 15 is 0 Å². The number of allylic oxidation sites excluding steroid dienone is 4. The lowest BCUT2D eigenvalue weighted by atomic mass is 10.1. The second-order valence-corrected chi connectivity index (χ2v) is 21.6. The lowest BCUT2D eigenvalue weighted by Crippen LogP contribution is -2.40. The zero-order valence-electron chi connectivity index (χ0n) is 36.2. The molecule has 322 valence electrons. The quantitative estimate of drug-likeness (QED) is 0.0207. The molecule has 0 aromatic carbocycles. The van der Waals surface area contributed by atoms with Gasteiger partial charge in [-0.15, -0.1) is 0 Å². The topological polar surface area (TPSA) is 71.4 Å². The van der Waals surface area contributed by atoms with E-state index in [1.54, 1.807) is 0 Å². The summed E-state index contributed by atoms with van der Waals surface area (Å²) in [7, 11) is 1.70. The number of nitrogens with zero attached hydrogens (tertiary/aromatic N) is 1. The lowest BCUT2D eigenvalue weighted by molar-refractivity contribution is -0.0997. The molecule has 0 heterocycles. The molecule has 0 saturated heterocycles. The van der Waals surface area contributed by atoms with E-state index in [4.69, 9.17) is 13.6 Å². The molecule has 0 fully saturated rings. The molecule has 0 aromatic rings. The van der Waals surface area contributed by atoms with Crippen LogP contribution in [-0.2, 0) is 13.6 Å². The number of hydrogen-bond acceptors (Lipinski definition) is 8. The van der Waals surface area contributed by atoms with Crippen molar-refractivity contribution in [3.05, 3.63) is 24.3 Å². The van der Waals surface area contributed by atoms with Gasteiger partial charge in [-0.1, -0.05) is 169 Å². The van der Waals surface area contributed by atoms with Crippen LogP contribution >= 0.6 is 21.6 Å². The Morgan fingerprint density at radius 3 is 1.63 bits per heavy atom.